The first-order valence-corrected chi connectivity index (χ1v) is 7.51. The van der Waals surface area contributed by atoms with Crippen LogP contribution in [0.2, 0.25) is 4.47 Å². The van der Waals surface area contributed by atoms with E-state index in [4.69, 9.17) is 16.3 Å². The van der Waals surface area contributed by atoms with E-state index in [9.17, 15) is 4.79 Å². The third kappa shape index (κ3) is 3.46. The maximum absolute atomic E-state index is 11.9. The van der Waals surface area contributed by atoms with Crippen molar-refractivity contribution in [1.29, 1.82) is 0 Å². The van der Waals surface area contributed by atoms with Gasteiger partial charge in [0.05, 0.1) is 25.1 Å². The number of nitrogens with zero attached hydrogens (tertiary/aromatic N) is 4. The average Bonchev–Trinajstić information content (AvgIpc) is 2.96. The molecule has 1 aliphatic rings. The van der Waals surface area contributed by atoms with Crippen LogP contribution in [-0.4, -0.2) is 47.4 Å². The summed E-state index contributed by atoms with van der Waals surface area (Å²) in [4.78, 5) is 18.4. The Morgan fingerprint density at radius 3 is 2.76 bits per heavy atom. The molecular formula is C12H12ClN5O2S. The molecule has 1 fully saturated rings. The van der Waals surface area contributed by atoms with Crippen LogP contribution in [0.1, 0.15) is 9.80 Å². The molecule has 0 radical (unpaired) electrons. The van der Waals surface area contributed by atoms with Gasteiger partial charge in [-0.3, -0.25) is 4.79 Å². The first-order chi connectivity index (χ1) is 10.2. The molecule has 7 nitrogen and oxygen atoms in total. The maximum atomic E-state index is 11.9. The van der Waals surface area contributed by atoms with Gasteiger partial charge in [-0.05, 0) is 23.7 Å². The number of hydrogen-bond donors (Lipinski definition) is 1. The van der Waals surface area contributed by atoms with Gasteiger partial charge < -0.3 is 15.0 Å². The standard InChI is InChI=1S/C12H12ClN5O2S/c13-12-17-16-11(21-12)10(19)15-8-1-2-9(14-7-8)18-3-5-20-6-4-18/h1-2,7H,3-6H2,(H,15,19). The summed E-state index contributed by atoms with van der Waals surface area (Å²) in [5.41, 5.74) is 0.600. The van der Waals surface area contributed by atoms with Gasteiger partial charge >= 0.3 is 0 Å². The molecule has 3 rings (SSSR count). The zero-order chi connectivity index (χ0) is 14.7. The van der Waals surface area contributed by atoms with Crippen LogP contribution < -0.4 is 10.2 Å². The minimum absolute atomic E-state index is 0.220. The van der Waals surface area contributed by atoms with Gasteiger partial charge in [-0.2, -0.15) is 0 Å². The lowest BCUT2D eigenvalue weighted by molar-refractivity contribution is 0.102. The topological polar surface area (TPSA) is 80.2 Å². The van der Waals surface area contributed by atoms with Gasteiger partial charge in [0.2, 0.25) is 9.47 Å². The quantitative estimate of drug-likeness (QED) is 0.924. The summed E-state index contributed by atoms with van der Waals surface area (Å²) in [7, 11) is 0. The van der Waals surface area contributed by atoms with Crippen molar-refractivity contribution in [3.05, 3.63) is 27.8 Å². The number of hydrogen-bond acceptors (Lipinski definition) is 7. The molecule has 0 saturated carbocycles. The van der Waals surface area contributed by atoms with Crippen LogP contribution in [0, 0.1) is 0 Å². The van der Waals surface area contributed by atoms with Gasteiger partial charge in [0.15, 0.2) is 0 Å². The zero-order valence-electron chi connectivity index (χ0n) is 11.0. The highest BCUT2D eigenvalue weighted by atomic mass is 35.5. The second kappa shape index (κ2) is 6.33. The lowest BCUT2D eigenvalue weighted by atomic mass is 10.3. The fraction of sp³-hybridized carbons (Fsp3) is 0.333. The van der Waals surface area contributed by atoms with Gasteiger partial charge in [-0.15, -0.1) is 10.2 Å². The predicted octanol–water partition coefficient (Wildman–Crippen LogP) is 1.68. The summed E-state index contributed by atoms with van der Waals surface area (Å²) in [5.74, 6) is 0.524. The van der Waals surface area contributed by atoms with Crippen molar-refractivity contribution >= 4 is 40.4 Å². The monoisotopic (exact) mass is 325 g/mol. The normalized spacial score (nSPS) is 15.0. The molecule has 1 N–H and O–H groups in total. The van der Waals surface area contributed by atoms with E-state index >= 15 is 0 Å². The summed E-state index contributed by atoms with van der Waals surface area (Å²) in [6.45, 7) is 3.06. The number of aromatic nitrogens is 3. The average molecular weight is 326 g/mol. The predicted molar refractivity (Wildman–Crippen MR) is 80.1 cm³/mol. The van der Waals surface area contributed by atoms with Crippen LogP contribution in [-0.2, 0) is 4.74 Å². The molecule has 0 spiro atoms. The maximum Gasteiger partial charge on any atom is 0.286 e. The molecule has 1 saturated heterocycles. The number of amides is 1. The number of nitrogens with one attached hydrogen (secondary N) is 1. The van der Waals surface area contributed by atoms with Gasteiger partial charge in [0.25, 0.3) is 5.91 Å². The second-order valence-corrected chi connectivity index (χ2v) is 5.88. The fourth-order valence-corrected chi connectivity index (χ4v) is 2.64. The van der Waals surface area contributed by atoms with Crippen LogP contribution >= 0.6 is 22.9 Å². The number of halogens is 1. The van der Waals surface area contributed by atoms with Crippen molar-refractivity contribution in [2.75, 3.05) is 36.5 Å². The van der Waals surface area contributed by atoms with Crippen LogP contribution in [0.3, 0.4) is 0 Å². The molecule has 1 aliphatic heterocycles. The lowest BCUT2D eigenvalue weighted by Gasteiger charge is -2.27. The molecule has 21 heavy (non-hydrogen) atoms. The zero-order valence-corrected chi connectivity index (χ0v) is 12.5. The molecule has 110 valence electrons. The molecule has 0 bridgehead atoms. The number of carbonyl (C=O) groups excluding carboxylic acids is 1. The smallest absolute Gasteiger partial charge is 0.286 e. The van der Waals surface area contributed by atoms with E-state index in [0.29, 0.717) is 18.9 Å². The van der Waals surface area contributed by atoms with Crippen molar-refractivity contribution in [2.24, 2.45) is 0 Å². The SMILES string of the molecule is O=C(Nc1ccc(N2CCOCC2)nc1)c1nnc(Cl)s1. The largest absolute Gasteiger partial charge is 0.378 e. The van der Waals surface area contributed by atoms with Crippen molar-refractivity contribution < 1.29 is 9.53 Å². The van der Waals surface area contributed by atoms with E-state index in [1.54, 1.807) is 12.3 Å². The Morgan fingerprint density at radius 2 is 2.14 bits per heavy atom. The molecule has 0 atom stereocenters. The van der Waals surface area contributed by atoms with Crippen LogP contribution in [0.15, 0.2) is 18.3 Å². The molecule has 1 amide bonds. The van der Waals surface area contributed by atoms with Crippen LogP contribution in [0.5, 0.6) is 0 Å². The second-order valence-electron chi connectivity index (χ2n) is 4.32. The third-order valence-electron chi connectivity index (χ3n) is 2.94. The summed E-state index contributed by atoms with van der Waals surface area (Å²) in [6, 6.07) is 3.67. The molecule has 3 heterocycles. The first-order valence-electron chi connectivity index (χ1n) is 6.31. The van der Waals surface area contributed by atoms with Crippen molar-refractivity contribution in [3.63, 3.8) is 0 Å². The van der Waals surface area contributed by atoms with Crippen molar-refractivity contribution in [2.45, 2.75) is 0 Å². The Bertz CT molecular complexity index is 627. The Morgan fingerprint density at radius 1 is 1.33 bits per heavy atom. The Kier molecular flexibility index (Phi) is 4.28. The van der Waals surface area contributed by atoms with Crippen LogP contribution in [0.25, 0.3) is 0 Å². The van der Waals surface area contributed by atoms with Gasteiger partial charge in [-0.1, -0.05) is 11.3 Å². The minimum atomic E-state index is -0.347. The third-order valence-corrected chi connectivity index (χ3v) is 3.95. The Balaban J connectivity index is 1.65. The summed E-state index contributed by atoms with van der Waals surface area (Å²) in [6.07, 6.45) is 1.62. The fourth-order valence-electron chi connectivity index (χ4n) is 1.92. The van der Waals surface area contributed by atoms with E-state index in [0.717, 1.165) is 30.2 Å². The number of rotatable bonds is 3. The number of carbonyl (C=O) groups is 1. The van der Waals surface area contributed by atoms with E-state index in [1.165, 1.54) is 0 Å². The molecular weight excluding hydrogens is 314 g/mol. The van der Waals surface area contributed by atoms with Crippen molar-refractivity contribution in [1.82, 2.24) is 15.2 Å². The summed E-state index contributed by atoms with van der Waals surface area (Å²) < 4.78 is 5.54. The van der Waals surface area contributed by atoms with E-state index < -0.39 is 0 Å². The van der Waals surface area contributed by atoms with E-state index in [2.05, 4.69) is 25.4 Å². The highest BCUT2D eigenvalue weighted by molar-refractivity contribution is 7.17. The van der Waals surface area contributed by atoms with Gasteiger partial charge in [-0.25, -0.2) is 4.98 Å². The van der Waals surface area contributed by atoms with Gasteiger partial charge in [0.1, 0.15) is 5.82 Å². The molecule has 0 aromatic carbocycles. The summed E-state index contributed by atoms with van der Waals surface area (Å²) in [5, 5.41) is 10.2. The van der Waals surface area contributed by atoms with Crippen LogP contribution in [0.4, 0.5) is 11.5 Å². The lowest BCUT2D eigenvalue weighted by Crippen LogP contribution is -2.36. The number of ether oxygens (including phenoxy) is 1. The van der Waals surface area contributed by atoms with E-state index in [1.807, 2.05) is 6.07 Å². The Hall–Kier alpha value is -1.77. The number of pyridine rings is 1. The molecule has 0 unspecified atom stereocenters. The van der Waals surface area contributed by atoms with Gasteiger partial charge in [0, 0.05) is 13.1 Å². The number of morpholine rings is 1. The molecule has 9 heteroatoms. The Labute approximate surface area is 129 Å². The molecule has 0 aliphatic carbocycles. The van der Waals surface area contributed by atoms with Crippen molar-refractivity contribution in [3.8, 4) is 0 Å². The highest BCUT2D eigenvalue weighted by Gasteiger charge is 2.14. The molecule has 2 aromatic rings. The minimum Gasteiger partial charge on any atom is -0.378 e. The van der Waals surface area contributed by atoms with E-state index in [-0.39, 0.29) is 15.4 Å². The highest BCUT2D eigenvalue weighted by Crippen LogP contribution is 2.18. The molecule has 2 aromatic heterocycles. The first kappa shape index (κ1) is 14.2. The summed E-state index contributed by atoms with van der Waals surface area (Å²) >= 11 is 6.68. The number of anilines is 2.